The van der Waals surface area contributed by atoms with E-state index in [1.165, 1.54) is 6.33 Å². The Labute approximate surface area is 190 Å². The van der Waals surface area contributed by atoms with Crippen LogP contribution in [0.15, 0.2) is 78.3 Å². The molecule has 0 saturated carbocycles. The topological polar surface area (TPSA) is 98.5 Å². The summed E-state index contributed by atoms with van der Waals surface area (Å²) in [5.41, 5.74) is 3.19. The minimum absolute atomic E-state index is 0.0309. The maximum absolute atomic E-state index is 12.3. The Balaban J connectivity index is 1.43. The molecule has 0 amide bonds. The fourth-order valence-electron chi connectivity index (χ4n) is 3.56. The van der Waals surface area contributed by atoms with Gasteiger partial charge in [0, 0.05) is 35.7 Å². The maximum Gasteiger partial charge on any atom is 0.178 e. The summed E-state index contributed by atoms with van der Waals surface area (Å²) in [7, 11) is -3.34. The van der Waals surface area contributed by atoms with Gasteiger partial charge in [-0.3, -0.25) is 0 Å². The van der Waals surface area contributed by atoms with Crippen LogP contribution in [0.4, 0.5) is 11.5 Å². The van der Waals surface area contributed by atoms with Crippen LogP contribution in [0.1, 0.15) is 12.5 Å². The summed E-state index contributed by atoms with van der Waals surface area (Å²) >= 11 is 0. The van der Waals surface area contributed by atoms with Crippen LogP contribution < -0.4 is 10.1 Å². The van der Waals surface area contributed by atoms with Crippen molar-refractivity contribution in [3.8, 4) is 11.5 Å². The molecule has 3 heterocycles. The summed E-state index contributed by atoms with van der Waals surface area (Å²) in [5, 5.41) is 3.92. The van der Waals surface area contributed by atoms with Gasteiger partial charge in [0.1, 0.15) is 29.3 Å². The van der Waals surface area contributed by atoms with Gasteiger partial charge in [0.2, 0.25) is 0 Å². The molecule has 0 spiro atoms. The number of rotatable bonds is 6. The van der Waals surface area contributed by atoms with E-state index in [-0.39, 0.29) is 10.6 Å². The first-order valence-electron chi connectivity index (χ1n) is 10.4. The lowest BCUT2D eigenvalue weighted by atomic mass is 10.2. The smallest absolute Gasteiger partial charge is 0.178 e. The number of hydrogen-bond donors (Lipinski definition) is 1. The van der Waals surface area contributed by atoms with Crippen LogP contribution in [0, 0.1) is 6.92 Å². The number of anilines is 2. The van der Waals surface area contributed by atoms with Crippen LogP contribution in [-0.2, 0) is 9.84 Å². The summed E-state index contributed by atoms with van der Waals surface area (Å²) in [5.74, 6) is 1.98. The van der Waals surface area contributed by atoms with E-state index >= 15 is 0 Å². The maximum atomic E-state index is 12.3. The average molecular weight is 460 g/mol. The summed E-state index contributed by atoms with van der Waals surface area (Å²) < 4.78 is 32.6. The molecule has 0 atom stereocenters. The molecule has 0 aliphatic rings. The van der Waals surface area contributed by atoms with Gasteiger partial charge in [-0.05, 0) is 55.0 Å². The number of aromatic nitrogens is 4. The number of benzene rings is 2. The van der Waals surface area contributed by atoms with Crippen LogP contribution in [0.2, 0.25) is 0 Å². The molecular weight excluding hydrogens is 438 g/mol. The quantitative estimate of drug-likeness (QED) is 0.385. The lowest BCUT2D eigenvalue weighted by Crippen LogP contribution is -2.04. The minimum Gasteiger partial charge on any atom is -0.457 e. The molecule has 9 heteroatoms. The van der Waals surface area contributed by atoms with Crippen molar-refractivity contribution in [1.82, 2.24) is 19.4 Å². The molecule has 5 rings (SSSR count). The molecule has 0 fully saturated rings. The van der Waals surface area contributed by atoms with E-state index in [1.54, 1.807) is 31.3 Å². The molecule has 0 aliphatic carbocycles. The van der Waals surface area contributed by atoms with E-state index in [0.29, 0.717) is 22.5 Å². The highest BCUT2D eigenvalue weighted by molar-refractivity contribution is 7.91. The molecule has 0 radical (unpaired) electrons. The highest BCUT2D eigenvalue weighted by atomic mass is 32.2. The summed E-state index contributed by atoms with van der Waals surface area (Å²) in [6.07, 6.45) is 6.97. The highest BCUT2D eigenvalue weighted by Crippen LogP contribution is 2.31. The van der Waals surface area contributed by atoms with Gasteiger partial charge in [0.15, 0.2) is 9.84 Å². The van der Waals surface area contributed by atoms with Gasteiger partial charge in [0.05, 0.1) is 16.2 Å². The normalized spacial score (nSPS) is 11.7. The number of fused-ring (bicyclic) bond motifs is 2. The van der Waals surface area contributed by atoms with Gasteiger partial charge in [-0.15, -0.1) is 0 Å². The first kappa shape index (κ1) is 20.9. The van der Waals surface area contributed by atoms with Crippen molar-refractivity contribution in [3.63, 3.8) is 0 Å². The SMILES string of the molecule is CCS(=O)(=O)c1ccc2ncnc(Nc3ccc(Oc4ccn5ccnc5c4)c(C)c3)c2c1. The van der Waals surface area contributed by atoms with Crippen molar-refractivity contribution in [2.24, 2.45) is 0 Å². The van der Waals surface area contributed by atoms with Gasteiger partial charge >= 0.3 is 0 Å². The standard InChI is InChI=1S/C24H21N5O3S/c1-3-33(30,31)19-5-6-21-20(14-19)24(27-15-26-21)28-17-4-7-22(16(2)12-17)32-18-8-10-29-11-9-25-23(29)13-18/h4-15H,3H2,1-2H3,(H,26,27,28). The first-order chi connectivity index (χ1) is 15.9. The molecular formula is C24H21N5O3S. The monoisotopic (exact) mass is 459 g/mol. The Morgan fingerprint density at radius 3 is 2.70 bits per heavy atom. The van der Waals surface area contributed by atoms with Crippen LogP contribution in [0.5, 0.6) is 11.5 Å². The van der Waals surface area contributed by atoms with Gasteiger partial charge in [-0.2, -0.15) is 0 Å². The minimum atomic E-state index is -3.34. The van der Waals surface area contributed by atoms with Crippen molar-refractivity contribution in [2.75, 3.05) is 11.1 Å². The van der Waals surface area contributed by atoms with Gasteiger partial charge in [-0.1, -0.05) is 6.92 Å². The zero-order valence-corrected chi connectivity index (χ0v) is 18.9. The second-order valence-corrected chi connectivity index (χ2v) is 9.85. The number of ether oxygens (including phenoxy) is 1. The number of hydrogen-bond acceptors (Lipinski definition) is 7. The third kappa shape index (κ3) is 4.10. The molecule has 1 N–H and O–H groups in total. The molecule has 0 saturated heterocycles. The molecule has 5 aromatic rings. The predicted octanol–water partition coefficient (Wildman–Crippen LogP) is 4.92. The lowest BCUT2D eigenvalue weighted by Gasteiger charge is -2.13. The largest absolute Gasteiger partial charge is 0.457 e. The highest BCUT2D eigenvalue weighted by Gasteiger charge is 2.14. The van der Waals surface area contributed by atoms with E-state index < -0.39 is 9.84 Å². The molecule has 0 bridgehead atoms. The van der Waals surface area contributed by atoms with Crippen molar-refractivity contribution in [1.29, 1.82) is 0 Å². The summed E-state index contributed by atoms with van der Waals surface area (Å²) in [4.78, 5) is 13.1. The van der Waals surface area contributed by atoms with Crippen molar-refractivity contribution in [3.05, 3.63) is 79.0 Å². The molecule has 0 unspecified atom stereocenters. The second kappa shape index (κ2) is 8.18. The third-order valence-electron chi connectivity index (χ3n) is 5.38. The van der Waals surface area contributed by atoms with Crippen LogP contribution >= 0.6 is 0 Å². The Hall–Kier alpha value is -3.98. The van der Waals surface area contributed by atoms with E-state index in [1.807, 2.05) is 54.0 Å². The van der Waals surface area contributed by atoms with Crippen molar-refractivity contribution >= 4 is 37.9 Å². The average Bonchev–Trinajstić information content (AvgIpc) is 3.29. The van der Waals surface area contributed by atoms with Crippen molar-refractivity contribution < 1.29 is 13.2 Å². The van der Waals surface area contributed by atoms with E-state index in [4.69, 9.17) is 4.74 Å². The molecule has 3 aromatic heterocycles. The van der Waals surface area contributed by atoms with Crippen molar-refractivity contribution in [2.45, 2.75) is 18.7 Å². The molecule has 2 aromatic carbocycles. The zero-order chi connectivity index (χ0) is 23.0. The number of nitrogens with one attached hydrogen (secondary N) is 1. The summed E-state index contributed by atoms with van der Waals surface area (Å²) in [6.45, 7) is 3.58. The van der Waals surface area contributed by atoms with Gasteiger partial charge < -0.3 is 14.5 Å². The second-order valence-electron chi connectivity index (χ2n) is 7.57. The van der Waals surface area contributed by atoms with E-state index in [9.17, 15) is 8.42 Å². The van der Waals surface area contributed by atoms with Gasteiger partial charge in [-0.25, -0.2) is 23.4 Å². The Kier molecular flexibility index (Phi) is 5.18. The number of imidazole rings is 1. The number of pyridine rings is 1. The Bertz CT molecular complexity index is 1590. The predicted molar refractivity (Wildman–Crippen MR) is 127 cm³/mol. The third-order valence-corrected chi connectivity index (χ3v) is 7.11. The number of nitrogens with zero attached hydrogens (tertiary/aromatic N) is 4. The van der Waals surface area contributed by atoms with Gasteiger partial charge in [0.25, 0.3) is 0 Å². The fraction of sp³-hybridized carbons (Fsp3) is 0.125. The Morgan fingerprint density at radius 1 is 1.00 bits per heavy atom. The fourth-order valence-corrected chi connectivity index (χ4v) is 4.46. The van der Waals surface area contributed by atoms with Crippen LogP contribution in [-0.4, -0.2) is 33.5 Å². The molecule has 166 valence electrons. The molecule has 8 nitrogen and oxygen atoms in total. The molecule has 0 aliphatic heterocycles. The zero-order valence-electron chi connectivity index (χ0n) is 18.1. The summed E-state index contributed by atoms with van der Waals surface area (Å²) in [6, 6.07) is 14.4. The molecule has 33 heavy (non-hydrogen) atoms. The van der Waals surface area contributed by atoms with E-state index in [0.717, 1.165) is 22.6 Å². The number of aryl methyl sites for hydroxylation is 1. The lowest BCUT2D eigenvalue weighted by molar-refractivity contribution is 0.478. The van der Waals surface area contributed by atoms with Crippen LogP contribution in [0.25, 0.3) is 16.6 Å². The number of sulfone groups is 1. The van der Waals surface area contributed by atoms with E-state index in [2.05, 4.69) is 20.3 Å². The van der Waals surface area contributed by atoms with Crippen LogP contribution in [0.3, 0.4) is 0 Å². The Morgan fingerprint density at radius 2 is 1.88 bits per heavy atom. The first-order valence-corrected chi connectivity index (χ1v) is 12.0.